The molecule has 1 atom stereocenters. The number of hydrogen-bond donors (Lipinski definition) is 2. The van der Waals surface area contributed by atoms with Crippen LogP contribution in [0, 0.1) is 0 Å². The summed E-state index contributed by atoms with van der Waals surface area (Å²) < 4.78 is 3.28. The lowest BCUT2D eigenvalue weighted by atomic mass is 10.1. The Hall–Kier alpha value is -2.64. The van der Waals surface area contributed by atoms with Gasteiger partial charge in [-0.1, -0.05) is 19.8 Å². The van der Waals surface area contributed by atoms with E-state index >= 15 is 0 Å². The maximum atomic E-state index is 12.6. The molecule has 0 saturated heterocycles. The normalized spacial score (nSPS) is 12.1. The zero-order chi connectivity index (χ0) is 17.7. The van der Waals surface area contributed by atoms with Crippen LogP contribution in [0.1, 0.15) is 43.5 Å². The number of rotatable bonds is 8. The van der Waals surface area contributed by atoms with E-state index in [1.54, 1.807) is 24.1 Å². The molecule has 2 aromatic rings. The summed E-state index contributed by atoms with van der Waals surface area (Å²) in [6, 6.07) is -0.899. The van der Waals surface area contributed by atoms with Gasteiger partial charge in [-0.25, -0.2) is 4.79 Å². The zero-order valence-electron chi connectivity index (χ0n) is 14.2. The average Bonchev–Trinajstić information content (AvgIpc) is 3.16. The summed E-state index contributed by atoms with van der Waals surface area (Å²) in [6.45, 7) is 4.66. The number of carboxylic acid groups (broad SMARTS) is 1. The van der Waals surface area contributed by atoms with E-state index in [-0.39, 0.29) is 0 Å². The fourth-order valence-corrected chi connectivity index (χ4v) is 2.43. The highest BCUT2D eigenvalue weighted by atomic mass is 16.4. The van der Waals surface area contributed by atoms with Crippen LogP contribution in [0.4, 0.5) is 0 Å². The van der Waals surface area contributed by atoms with Crippen LogP contribution in [-0.2, 0) is 18.4 Å². The molecule has 1 unspecified atom stereocenters. The van der Waals surface area contributed by atoms with Gasteiger partial charge in [-0.2, -0.15) is 10.2 Å². The van der Waals surface area contributed by atoms with Gasteiger partial charge in [-0.3, -0.25) is 14.2 Å². The van der Waals surface area contributed by atoms with Crippen LogP contribution in [0.5, 0.6) is 0 Å². The van der Waals surface area contributed by atoms with Gasteiger partial charge in [0, 0.05) is 31.5 Å². The number of nitrogens with zero attached hydrogens (tertiary/aromatic N) is 4. The zero-order valence-corrected chi connectivity index (χ0v) is 14.2. The predicted molar refractivity (Wildman–Crippen MR) is 88.5 cm³/mol. The maximum absolute atomic E-state index is 12.6. The number of unbranched alkanes of at least 4 members (excludes halogenated alkanes) is 1. The van der Waals surface area contributed by atoms with Crippen molar-refractivity contribution in [2.75, 3.05) is 0 Å². The molecule has 0 aromatic carbocycles. The van der Waals surface area contributed by atoms with Crippen molar-refractivity contribution in [3.63, 3.8) is 0 Å². The van der Waals surface area contributed by atoms with Gasteiger partial charge in [0.1, 0.15) is 11.7 Å². The van der Waals surface area contributed by atoms with Gasteiger partial charge in [0.2, 0.25) is 0 Å². The third kappa shape index (κ3) is 4.01. The van der Waals surface area contributed by atoms with Crippen molar-refractivity contribution in [1.29, 1.82) is 0 Å². The van der Waals surface area contributed by atoms with Gasteiger partial charge in [-0.05, 0) is 13.3 Å². The maximum Gasteiger partial charge on any atom is 0.326 e. The third-order valence-corrected chi connectivity index (χ3v) is 3.75. The first-order valence-corrected chi connectivity index (χ1v) is 8.06. The van der Waals surface area contributed by atoms with Gasteiger partial charge >= 0.3 is 5.97 Å². The number of carbonyl (C=O) groups excluding carboxylic acids is 1. The summed E-state index contributed by atoms with van der Waals surface area (Å²) in [5.41, 5.74) is 1.56. The highest BCUT2D eigenvalue weighted by Gasteiger charge is 2.24. The first-order valence-electron chi connectivity index (χ1n) is 8.06. The standard InChI is InChI=1S/C16H23N5O3/c1-4-6-7-13(16(23)24)18-15(22)12-10-20(3)19-14(12)11-8-17-21(5-2)9-11/h8-10,13H,4-7H2,1-3H3,(H,18,22)(H,23,24). The Balaban J connectivity index is 2.24. The van der Waals surface area contributed by atoms with E-state index in [1.165, 1.54) is 4.68 Å². The van der Waals surface area contributed by atoms with E-state index in [1.807, 2.05) is 20.0 Å². The Morgan fingerprint density at radius 3 is 2.67 bits per heavy atom. The van der Waals surface area contributed by atoms with E-state index in [2.05, 4.69) is 15.5 Å². The second kappa shape index (κ2) is 7.76. The number of aromatic nitrogens is 4. The molecule has 2 aromatic heterocycles. The van der Waals surface area contributed by atoms with Crippen LogP contribution in [0.15, 0.2) is 18.6 Å². The van der Waals surface area contributed by atoms with Crippen LogP contribution in [0.2, 0.25) is 0 Å². The fraction of sp³-hybridized carbons (Fsp3) is 0.500. The minimum absolute atomic E-state index is 0.343. The molecule has 2 heterocycles. The second-order valence-electron chi connectivity index (χ2n) is 5.66. The topological polar surface area (TPSA) is 102 Å². The molecule has 0 saturated carbocycles. The summed E-state index contributed by atoms with van der Waals surface area (Å²) in [5, 5.41) is 20.4. The number of aliphatic carboxylic acids is 1. The number of amides is 1. The third-order valence-electron chi connectivity index (χ3n) is 3.75. The molecule has 0 spiro atoms. The molecule has 0 aliphatic rings. The lowest BCUT2D eigenvalue weighted by Gasteiger charge is -2.13. The molecule has 0 radical (unpaired) electrons. The monoisotopic (exact) mass is 333 g/mol. The van der Waals surface area contributed by atoms with Gasteiger partial charge < -0.3 is 10.4 Å². The molecular formula is C16H23N5O3. The number of hydrogen-bond acceptors (Lipinski definition) is 4. The van der Waals surface area contributed by atoms with Crippen LogP contribution in [-0.4, -0.2) is 42.6 Å². The molecule has 2 rings (SSSR count). The van der Waals surface area contributed by atoms with E-state index in [0.717, 1.165) is 18.4 Å². The minimum Gasteiger partial charge on any atom is -0.480 e. The lowest BCUT2D eigenvalue weighted by Crippen LogP contribution is -2.40. The van der Waals surface area contributed by atoms with Crippen molar-refractivity contribution in [3.05, 3.63) is 24.2 Å². The summed E-state index contributed by atoms with van der Waals surface area (Å²) in [4.78, 5) is 23.9. The van der Waals surface area contributed by atoms with Gasteiger partial charge in [0.05, 0.1) is 11.8 Å². The highest BCUT2D eigenvalue weighted by molar-refractivity contribution is 6.01. The van der Waals surface area contributed by atoms with Crippen molar-refractivity contribution in [1.82, 2.24) is 24.9 Å². The lowest BCUT2D eigenvalue weighted by molar-refractivity contribution is -0.139. The minimum atomic E-state index is -1.03. The second-order valence-corrected chi connectivity index (χ2v) is 5.66. The Labute approximate surface area is 140 Å². The Morgan fingerprint density at radius 2 is 2.08 bits per heavy atom. The number of nitrogens with one attached hydrogen (secondary N) is 1. The van der Waals surface area contributed by atoms with Crippen LogP contribution >= 0.6 is 0 Å². The SMILES string of the molecule is CCCCC(NC(=O)c1cn(C)nc1-c1cnn(CC)c1)C(=O)O. The molecule has 24 heavy (non-hydrogen) atoms. The van der Waals surface area contributed by atoms with Crippen molar-refractivity contribution in [2.45, 2.75) is 45.7 Å². The highest BCUT2D eigenvalue weighted by Crippen LogP contribution is 2.21. The van der Waals surface area contributed by atoms with E-state index < -0.39 is 17.9 Å². The molecular weight excluding hydrogens is 310 g/mol. The summed E-state index contributed by atoms with van der Waals surface area (Å²) >= 11 is 0. The first kappa shape index (κ1) is 17.7. The van der Waals surface area contributed by atoms with E-state index in [0.29, 0.717) is 24.2 Å². The summed E-state index contributed by atoms with van der Waals surface area (Å²) in [7, 11) is 1.72. The van der Waals surface area contributed by atoms with Crippen molar-refractivity contribution in [3.8, 4) is 11.3 Å². The molecule has 1 amide bonds. The fourth-order valence-electron chi connectivity index (χ4n) is 2.43. The molecule has 2 N–H and O–H groups in total. The number of carbonyl (C=O) groups is 2. The van der Waals surface area contributed by atoms with Crippen LogP contribution in [0.3, 0.4) is 0 Å². The molecule has 0 aliphatic heterocycles. The molecule has 0 fully saturated rings. The number of carboxylic acids is 1. The van der Waals surface area contributed by atoms with Gasteiger partial charge in [0.25, 0.3) is 5.91 Å². The Kier molecular flexibility index (Phi) is 5.73. The predicted octanol–water partition coefficient (Wildman–Crippen LogP) is 1.68. The first-order chi connectivity index (χ1) is 11.5. The number of aryl methyl sites for hydroxylation is 2. The van der Waals surface area contributed by atoms with Crippen molar-refractivity contribution < 1.29 is 14.7 Å². The van der Waals surface area contributed by atoms with E-state index in [9.17, 15) is 14.7 Å². The van der Waals surface area contributed by atoms with Crippen LogP contribution in [0.25, 0.3) is 11.3 Å². The molecule has 0 bridgehead atoms. The largest absolute Gasteiger partial charge is 0.480 e. The molecule has 8 heteroatoms. The van der Waals surface area contributed by atoms with Crippen LogP contribution < -0.4 is 5.32 Å². The summed E-state index contributed by atoms with van der Waals surface area (Å²) in [5.74, 6) is -1.47. The quantitative estimate of drug-likeness (QED) is 0.765. The Morgan fingerprint density at radius 1 is 1.33 bits per heavy atom. The Bertz CT molecular complexity index is 719. The average molecular weight is 333 g/mol. The molecule has 0 aliphatic carbocycles. The van der Waals surface area contributed by atoms with Gasteiger partial charge in [-0.15, -0.1) is 0 Å². The van der Waals surface area contributed by atoms with Gasteiger partial charge in [0.15, 0.2) is 0 Å². The van der Waals surface area contributed by atoms with Crippen molar-refractivity contribution >= 4 is 11.9 Å². The smallest absolute Gasteiger partial charge is 0.326 e. The molecule has 8 nitrogen and oxygen atoms in total. The molecule has 130 valence electrons. The van der Waals surface area contributed by atoms with E-state index in [4.69, 9.17) is 0 Å². The summed E-state index contributed by atoms with van der Waals surface area (Å²) in [6.07, 6.45) is 7.06. The van der Waals surface area contributed by atoms with Crippen molar-refractivity contribution in [2.24, 2.45) is 7.05 Å².